The first-order valence-corrected chi connectivity index (χ1v) is 17.2. The average molecular weight is 733 g/mol. The Hall–Kier alpha value is -4.89. The number of hydrogen-bond donors (Lipinski definition) is 4. The quantitative estimate of drug-likeness (QED) is 0.166. The minimum absolute atomic E-state index is 0.0720. The van der Waals surface area contributed by atoms with Crippen molar-refractivity contribution in [3.05, 3.63) is 70.2 Å². The molecule has 5 heterocycles. The Balaban J connectivity index is 1.10. The van der Waals surface area contributed by atoms with E-state index in [0.29, 0.717) is 112 Å². The molecule has 16 heteroatoms. The van der Waals surface area contributed by atoms with Crippen LogP contribution in [-0.4, -0.2) is 88.1 Å². The third kappa shape index (κ3) is 6.91. The van der Waals surface area contributed by atoms with Crippen LogP contribution >= 0.6 is 23.2 Å². The molecule has 264 valence electrons. The van der Waals surface area contributed by atoms with Crippen LogP contribution in [-0.2, 0) is 22.7 Å². The Morgan fingerprint density at radius 3 is 2.08 bits per heavy atom. The SMILES string of the molecule is COc1nc(-c2cccc(-c3cccc(-c4cnc(CN5CCC6(C5)NC(=O)NC6=O)c(OC)n4)c3Cl)c2Cl)cnc1CNC[C@@H]1CCC(=O)N1. The molecule has 4 N–H and O–H groups in total. The number of urea groups is 1. The minimum atomic E-state index is -0.930. The van der Waals surface area contributed by atoms with Gasteiger partial charge in [-0.1, -0.05) is 59.6 Å². The van der Waals surface area contributed by atoms with Gasteiger partial charge < -0.3 is 25.4 Å². The smallest absolute Gasteiger partial charge is 0.322 e. The standard InChI is InChI=1S/C35H35Cl2N9O5/c1-50-31-26(14-38-13-19-9-10-28(47)41-19)39-15-24(42-31)22-7-3-5-20(29(22)36)21-6-4-8-23(30(21)37)25-16-40-27(32(43-25)51-2)17-46-12-11-35(18-46)33(48)44-34(49)45-35/h3-8,15-16,19,38H,9-14,17-18H2,1-2H3,(H,41,47)(H2,44,45,48,49)/t19-,35?/m0/s1. The number of carbonyl (C=O) groups excluding carboxylic acids is 3. The third-order valence-electron chi connectivity index (χ3n) is 9.35. The summed E-state index contributed by atoms with van der Waals surface area (Å²) < 4.78 is 11.2. The van der Waals surface area contributed by atoms with Gasteiger partial charge in [0.15, 0.2) is 0 Å². The van der Waals surface area contributed by atoms with Crippen LogP contribution in [0.2, 0.25) is 10.0 Å². The molecule has 14 nitrogen and oxygen atoms in total. The van der Waals surface area contributed by atoms with E-state index in [-0.39, 0.29) is 17.9 Å². The highest BCUT2D eigenvalue weighted by Gasteiger charge is 2.50. The highest BCUT2D eigenvalue weighted by molar-refractivity contribution is 6.39. The molecule has 0 bridgehead atoms. The molecule has 3 aliphatic heterocycles. The number of rotatable bonds is 11. The molecule has 0 saturated carbocycles. The lowest BCUT2D eigenvalue weighted by molar-refractivity contribution is -0.123. The summed E-state index contributed by atoms with van der Waals surface area (Å²) in [4.78, 5) is 56.4. The average Bonchev–Trinajstić information content (AvgIpc) is 3.82. The number of likely N-dealkylation sites (tertiary alicyclic amines) is 1. The Bertz CT molecular complexity index is 2030. The van der Waals surface area contributed by atoms with E-state index in [9.17, 15) is 14.4 Å². The van der Waals surface area contributed by atoms with E-state index < -0.39 is 11.6 Å². The van der Waals surface area contributed by atoms with Gasteiger partial charge in [0, 0.05) is 67.4 Å². The molecule has 51 heavy (non-hydrogen) atoms. The summed E-state index contributed by atoms with van der Waals surface area (Å²) in [5.74, 6) is 0.452. The molecule has 0 aliphatic carbocycles. The largest absolute Gasteiger partial charge is 0.480 e. The van der Waals surface area contributed by atoms with Gasteiger partial charge in [-0.05, 0) is 12.8 Å². The van der Waals surface area contributed by atoms with E-state index >= 15 is 0 Å². The van der Waals surface area contributed by atoms with Crippen molar-refractivity contribution in [3.63, 3.8) is 0 Å². The number of imide groups is 1. The molecule has 1 spiro atoms. The predicted molar refractivity (Wildman–Crippen MR) is 189 cm³/mol. The van der Waals surface area contributed by atoms with E-state index in [1.165, 1.54) is 7.11 Å². The van der Waals surface area contributed by atoms with Gasteiger partial charge in [0.05, 0.1) is 48.0 Å². The van der Waals surface area contributed by atoms with Crippen LogP contribution in [0.15, 0.2) is 48.8 Å². The van der Waals surface area contributed by atoms with Gasteiger partial charge in [0.2, 0.25) is 17.7 Å². The lowest BCUT2D eigenvalue weighted by atomic mass is 9.98. The first-order valence-electron chi connectivity index (χ1n) is 16.4. The maximum absolute atomic E-state index is 12.4. The lowest BCUT2D eigenvalue weighted by Gasteiger charge is -2.21. The molecule has 3 saturated heterocycles. The van der Waals surface area contributed by atoms with Crippen molar-refractivity contribution in [2.45, 2.75) is 43.9 Å². The molecule has 1 unspecified atom stereocenters. The Kier molecular flexibility index (Phi) is 9.75. The van der Waals surface area contributed by atoms with Gasteiger partial charge in [-0.25, -0.2) is 14.8 Å². The zero-order valence-corrected chi connectivity index (χ0v) is 29.4. The zero-order valence-electron chi connectivity index (χ0n) is 27.9. The molecule has 3 aliphatic rings. The van der Waals surface area contributed by atoms with Crippen molar-refractivity contribution in [1.82, 2.24) is 46.1 Å². The fraction of sp³-hybridized carbons (Fsp3) is 0.343. The van der Waals surface area contributed by atoms with Crippen molar-refractivity contribution in [2.75, 3.05) is 33.9 Å². The maximum Gasteiger partial charge on any atom is 0.322 e. The molecule has 2 aromatic carbocycles. The molecule has 4 amide bonds. The number of benzene rings is 2. The monoisotopic (exact) mass is 731 g/mol. The molecule has 2 atom stereocenters. The second kappa shape index (κ2) is 14.4. The van der Waals surface area contributed by atoms with Gasteiger partial charge >= 0.3 is 6.03 Å². The molecule has 0 radical (unpaired) electrons. The summed E-state index contributed by atoms with van der Waals surface area (Å²) in [5, 5.41) is 12.2. The number of nitrogens with one attached hydrogen (secondary N) is 4. The fourth-order valence-corrected chi connectivity index (χ4v) is 7.38. The van der Waals surface area contributed by atoms with E-state index in [1.54, 1.807) is 19.5 Å². The molecule has 4 aromatic rings. The number of methoxy groups -OCH3 is 2. The Morgan fingerprint density at radius 2 is 1.51 bits per heavy atom. The van der Waals surface area contributed by atoms with Crippen LogP contribution in [0.3, 0.4) is 0 Å². The van der Waals surface area contributed by atoms with Crippen molar-refractivity contribution >= 4 is 41.0 Å². The number of amides is 4. The number of halogens is 2. The summed E-state index contributed by atoms with van der Waals surface area (Å²) in [7, 11) is 3.06. The molecule has 2 aromatic heterocycles. The number of aromatic nitrogens is 4. The van der Waals surface area contributed by atoms with Gasteiger partial charge in [-0.15, -0.1) is 0 Å². The number of ether oxygens (including phenoxy) is 2. The highest BCUT2D eigenvalue weighted by Crippen LogP contribution is 2.42. The maximum atomic E-state index is 12.4. The van der Waals surface area contributed by atoms with Gasteiger partial charge in [0.1, 0.15) is 16.9 Å². The van der Waals surface area contributed by atoms with Crippen LogP contribution in [0.25, 0.3) is 33.6 Å². The Labute approximate surface area is 303 Å². The molecular weight excluding hydrogens is 697 g/mol. The first-order chi connectivity index (χ1) is 24.7. The summed E-state index contributed by atoms with van der Waals surface area (Å²) in [6.07, 6.45) is 5.14. The molecule has 3 fully saturated rings. The van der Waals surface area contributed by atoms with Gasteiger partial charge in [-0.3, -0.25) is 29.8 Å². The summed E-state index contributed by atoms with van der Waals surface area (Å²) >= 11 is 14.1. The van der Waals surface area contributed by atoms with Gasteiger partial charge in [-0.2, -0.15) is 0 Å². The van der Waals surface area contributed by atoms with Crippen LogP contribution in [0, 0.1) is 0 Å². The first kappa shape index (κ1) is 34.6. The number of nitrogens with zero attached hydrogens (tertiary/aromatic N) is 5. The third-order valence-corrected chi connectivity index (χ3v) is 10.2. The van der Waals surface area contributed by atoms with Crippen LogP contribution < -0.4 is 30.7 Å². The fourth-order valence-electron chi connectivity index (χ4n) is 6.73. The second-order valence-corrected chi connectivity index (χ2v) is 13.4. The zero-order chi connectivity index (χ0) is 35.7. The van der Waals surface area contributed by atoms with E-state index in [4.69, 9.17) is 42.6 Å². The predicted octanol–water partition coefficient (Wildman–Crippen LogP) is 3.74. The lowest BCUT2D eigenvalue weighted by Crippen LogP contribution is -2.48. The molecule has 7 rings (SSSR count). The van der Waals surface area contributed by atoms with E-state index in [0.717, 1.165) is 6.42 Å². The van der Waals surface area contributed by atoms with Crippen molar-refractivity contribution < 1.29 is 23.9 Å². The van der Waals surface area contributed by atoms with Crippen molar-refractivity contribution in [3.8, 4) is 45.4 Å². The Morgan fingerprint density at radius 1 is 0.902 bits per heavy atom. The molecular formula is C35H35Cl2N9O5. The van der Waals surface area contributed by atoms with Crippen molar-refractivity contribution in [1.29, 1.82) is 0 Å². The minimum Gasteiger partial charge on any atom is -0.480 e. The summed E-state index contributed by atoms with van der Waals surface area (Å²) in [6.45, 7) is 2.37. The van der Waals surface area contributed by atoms with Crippen molar-refractivity contribution in [2.24, 2.45) is 0 Å². The topological polar surface area (TPSA) is 173 Å². The highest BCUT2D eigenvalue weighted by atomic mass is 35.5. The van der Waals surface area contributed by atoms with Crippen LogP contribution in [0.5, 0.6) is 11.8 Å². The number of carbonyl (C=O) groups is 3. The normalized spacial score (nSPS) is 20.1. The number of hydrogen-bond acceptors (Lipinski definition) is 11. The summed E-state index contributed by atoms with van der Waals surface area (Å²) in [6, 6.07) is 10.8. The van der Waals surface area contributed by atoms with E-state index in [1.807, 2.05) is 41.3 Å². The second-order valence-electron chi connectivity index (χ2n) is 12.6. The van der Waals surface area contributed by atoms with Crippen LogP contribution in [0.1, 0.15) is 30.7 Å². The van der Waals surface area contributed by atoms with Gasteiger partial charge in [0.25, 0.3) is 5.91 Å². The van der Waals surface area contributed by atoms with Crippen LogP contribution in [0.4, 0.5) is 4.79 Å². The van der Waals surface area contributed by atoms with E-state index in [2.05, 4.69) is 31.2 Å². The summed E-state index contributed by atoms with van der Waals surface area (Å²) in [5.41, 5.74) is 3.99.